The maximum atomic E-state index is 13.0. The topological polar surface area (TPSA) is 97.2 Å². The van der Waals surface area contributed by atoms with Crippen molar-refractivity contribution < 1.29 is 13.2 Å². The Balaban J connectivity index is 1.32. The van der Waals surface area contributed by atoms with E-state index in [0.717, 1.165) is 19.7 Å². The minimum absolute atomic E-state index is 0.120. The van der Waals surface area contributed by atoms with E-state index in [4.69, 9.17) is 0 Å². The molecule has 0 bridgehead atoms. The van der Waals surface area contributed by atoms with Crippen LogP contribution >= 0.6 is 15.9 Å². The van der Waals surface area contributed by atoms with Crippen LogP contribution in [0.3, 0.4) is 0 Å². The van der Waals surface area contributed by atoms with Gasteiger partial charge in [-0.15, -0.1) is 5.10 Å². The fraction of sp³-hybridized carbons (Fsp3) is 0.0952. The van der Waals surface area contributed by atoms with Crippen LogP contribution in [0.4, 0.5) is 11.6 Å². The summed E-state index contributed by atoms with van der Waals surface area (Å²) in [6.45, 7) is 0.130. The molecule has 1 aromatic heterocycles. The van der Waals surface area contributed by atoms with Crippen molar-refractivity contribution >= 4 is 54.3 Å². The molecule has 0 saturated carbocycles. The van der Waals surface area contributed by atoms with E-state index in [2.05, 4.69) is 31.3 Å². The number of sulfonamides is 1. The van der Waals surface area contributed by atoms with Crippen molar-refractivity contribution in [2.75, 3.05) is 16.2 Å². The van der Waals surface area contributed by atoms with Crippen molar-refractivity contribution in [3.05, 3.63) is 77.0 Å². The Kier molecular flexibility index (Phi) is 4.75. The highest BCUT2D eigenvalue weighted by molar-refractivity contribution is 9.10. The summed E-state index contributed by atoms with van der Waals surface area (Å²) in [7, 11) is -3.80. The standard InChI is InChI=1S/C21H16BrN5O3S/c22-16-9-7-14(8-10-16)11-26-13-23-21(25-26)24-19(28)12-27-17-5-1-3-15-4-2-6-18(20(15)17)31(27,29)30/h1-10,13H,11-12H2,(H,24,25,28). The Morgan fingerprint density at radius 3 is 2.55 bits per heavy atom. The maximum absolute atomic E-state index is 13.0. The summed E-state index contributed by atoms with van der Waals surface area (Å²) in [4.78, 5) is 16.9. The Hall–Kier alpha value is -3.24. The Morgan fingerprint density at radius 1 is 1.03 bits per heavy atom. The van der Waals surface area contributed by atoms with Gasteiger partial charge in [0.05, 0.1) is 17.1 Å². The van der Waals surface area contributed by atoms with Crippen LogP contribution in [0.25, 0.3) is 10.8 Å². The zero-order valence-electron chi connectivity index (χ0n) is 16.1. The number of carbonyl (C=O) groups is 1. The lowest BCUT2D eigenvalue weighted by Crippen LogP contribution is -2.35. The molecule has 0 radical (unpaired) electrons. The molecule has 1 N–H and O–H groups in total. The number of amides is 1. The molecule has 4 aromatic rings. The summed E-state index contributed by atoms with van der Waals surface area (Å²) in [5.41, 5.74) is 1.52. The molecule has 1 amide bonds. The van der Waals surface area contributed by atoms with E-state index in [9.17, 15) is 13.2 Å². The van der Waals surface area contributed by atoms with Crippen LogP contribution in [0.5, 0.6) is 0 Å². The van der Waals surface area contributed by atoms with Gasteiger partial charge in [0, 0.05) is 9.86 Å². The van der Waals surface area contributed by atoms with Gasteiger partial charge in [-0.1, -0.05) is 52.3 Å². The van der Waals surface area contributed by atoms with Gasteiger partial charge in [0.2, 0.25) is 11.9 Å². The summed E-state index contributed by atoms with van der Waals surface area (Å²) >= 11 is 3.40. The molecule has 0 saturated heterocycles. The second kappa shape index (κ2) is 7.47. The first-order chi connectivity index (χ1) is 14.9. The first kappa shape index (κ1) is 19.7. The van der Waals surface area contributed by atoms with Crippen LogP contribution in [-0.4, -0.2) is 35.6 Å². The highest BCUT2D eigenvalue weighted by atomic mass is 79.9. The lowest BCUT2D eigenvalue weighted by molar-refractivity contribution is -0.114. The zero-order valence-corrected chi connectivity index (χ0v) is 18.5. The zero-order chi connectivity index (χ0) is 21.6. The van der Waals surface area contributed by atoms with Gasteiger partial charge in [-0.25, -0.2) is 18.1 Å². The minimum atomic E-state index is -3.80. The van der Waals surface area contributed by atoms with E-state index in [1.165, 1.54) is 6.33 Å². The number of nitrogens with one attached hydrogen (secondary N) is 1. The monoisotopic (exact) mass is 497 g/mol. The molecule has 0 spiro atoms. The fourth-order valence-corrected chi connectivity index (χ4v) is 5.56. The lowest BCUT2D eigenvalue weighted by atomic mass is 10.1. The van der Waals surface area contributed by atoms with Gasteiger partial charge in [0.25, 0.3) is 10.0 Å². The molecular weight excluding hydrogens is 482 g/mol. The predicted molar refractivity (Wildman–Crippen MR) is 120 cm³/mol. The van der Waals surface area contributed by atoms with Crippen molar-refractivity contribution in [1.29, 1.82) is 0 Å². The fourth-order valence-electron chi connectivity index (χ4n) is 3.63. The van der Waals surface area contributed by atoms with Crippen molar-refractivity contribution in [2.24, 2.45) is 0 Å². The SMILES string of the molecule is O=C(CN1c2cccc3cccc(c23)S1(=O)=O)Nc1ncn(Cc2ccc(Br)cc2)n1. The van der Waals surface area contributed by atoms with E-state index in [-0.39, 0.29) is 17.4 Å². The van der Waals surface area contributed by atoms with Crippen molar-refractivity contribution in [3.8, 4) is 0 Å². The van der Waals surface area contributed by atoms with Gasteiger partial charge in [-0.2, -0.15) is 0 Å². The van der Waals surface area contributed by atoms with Gasteiger partial charge in [0.15, 0.2) is 0 Å². The number of nitrogens with zero attached hydrogens (tertiary/aromatic N) is 4. The first-order valence-corrected chi connectivity index (χ1v) is 11.6. The molecule has 0 atom stereocenters. The average Bonchev–Trinajstić information content (AvgIpc) is 3.27. The molecule has 2 heterocycles. The lowest BCUT2D eigenvalue weighted by Gasteiger charge is -2.17. The summed E-state index contributed by atoms with van der Waals surface area (Å²) in [5, 5.41) is 8.28. The number of hydrogen-bond donors (Lipinski definition) is 1. The molecule has 1 aliphatic heterocycles. The molecule has 0 aliphatic carbocycles. The number of halogens is 1. The van der Waals surface area contributed by atoms with E-state index in [1.807, 2.05) is 36.4 Å². The average molecular weight is 498 g/mol. The molecule has 1 aliphatic rings. The number of benzene rings is 3. The molecule has 31 heavy (non-hydrogen) atoms. The van der Waals surface area contributed by atoms with Crippen LogP contribution in [0.2, 0.25) is 0 Å². The maximum Gasteiger partial charge on any atom is 0.265 e. The molecule has 156 valence electrons. The number of aromatic nitrogens is 3. The number of anilines is 2. The Labute approximate surface area is 186 Å². The summed E-state index contributed by atoms with van der Waals surface area (Å²) < 4.78 is 29.7. The normalized spacial score (nSPS) is 14.2. The number of carbonyl (C=O) groups excluding carboxylic acids is 1. The Morgan fingerprint density at radius 2 is 1.77 bits per heavy atom. The second-order valence-electron chi connectivity index (χ2n) is 7.08. The van der Waals surface area contributed by atoms with Gasteiger partial charge >= 0.3 is 0 Å². The largest absolute Gasteiger partial charge is 0.292 e. The van der Waals surface area contributed by atoms with Crippen LogP contribution in [0, 0.1) is 0 Å². The molecule has 0 fully saturated rings. The van der Waals surface area contributed by atoms with Gasteiger partial charge in [-0.3, -0.25) is 14.4 Å². The van der Waals surface area contributed by atoms with Gasteiger partial charge < -0.3 is 0 Å². The number of rotatable bonds is 5. The second-order valence-corrected chi connectivity index (χ2v) is 9.83. The van der Waals surface area contributed by atoms with Crippen molar-refractivity contribution in [3.63, 3.8) is 0 Å². The first-order valence-electron chi connectivity index (χ1n) is 9.40. The van der Waals surface area contributed by atoms with Crippen LogP contribution in [0.1, 0.15) is 5.56 Å². The minimum Gasteiger partial charge on any atom is -0.292 e. The summed E-state index contributed by atoms with van der Waals surface area (Å²) in [6.07, 6.45) is 1.51. The molecule has 3 aromatic carbocycles. The van der Waals surface area contributed by atoms with Crippen molar-refractivity contribution in [1.82, 2.24) is 14.8 Å². The smallest absolute Gasteiger partial charge is 0.265 e. The van der Waals surface area contributed by atoms with Crippen LogP contribution < -0.4 is 9.62 Å². The van der Waals surface area contributed by atoms with E-state index >= 15 is 0 Å². The molecule has 8 nitrogen and oxygen atoms in total. The van der Waals surface area contributed by atoms with E-state index in [1.54, 1.807) is 28.9 Å². The van der Waals surface area contributed by atoms with Crippen LogP contribution in [-0.2, 0) is 21.4 Å². The molecular formula is C21H16BrN5O3S. The highest BCUT2D eigenvalue weighted by Gasteiger charge is 2.36. The predicted octanol–water partition coefficient (Wildman–Crippen LogP) is 3.39. The van der Waals surface area contributed by atoms with Crippen LogP contribution in [0.15, 0.2) is 76.4 Å². The third-order valence-corrected chi connectivity index (χ3v) is 7.34. The summed E-state index contributed by atoms with van der Waals surface area (Å²) in [6, 6.07) is 18.2. The van der Waals surface area contributed by atoms with Gasteiger partial charge in [0.1, 0.15) is 12.9 Å². The van der Waals surface area contributed by atoms with E-state index < -0.39 is 15.9 Å². The van der Waals surface area contributed by atoms with E-state index in [0.29, 0.717) is 17.6 Å². The number of hydrogen-bond acceptors (Lipinski definition) is 5. The quantitative estimate of drug-likeness (QED) is 0.455. The molecule has 0 unspecified atom stereocenters. The van der Waals surface area contributed by atoms with Crippen molar-refractivity contribution in [2.45, 2.75) is 11.4 Å². The third kappa shape index (κ3) is 3.57. The Bertz CT molecular complexity index is 1410. The highest BCUT2D eigenvalue weighted by Crippen LogP contribution is 2.41. The summed E-state index contributed by atoms with van der Waals surface area (Å²) in [5.74, 6) is -0.399. The third-order valence-electron chi connectivity index (χ3n) is 5.01. The molecule has 10 heteroatoms. The molecule has 5 rings (SSSR count). The van der Waals surface area contributed by atoms with Gasteiger partial charge in [-0.05, 0) is 35.2 Å².